The van der Waals surface area contributed by atoms with E-state index in [1.54, 1.807) is 6.07 Å². The van der Waals surface area contributed by atoms with Crippen LogP contribution in [-0.4, -0.2) is 26.6 Å². The van der Waals surface area contributed by atoms with Gasteiger partial charge in [-0.25, -0.2) is 14.7 Å². The molecule has 0 fully saturated rings. The van der Waals surface area contributed by atoms with Crippen molar-refractivity contribution in [3.63, 3.8) is 0 Å². The molecule has 0 bridgehead atoms. The first-order chi connectivity index (χ1) is 19.5. The van der Waals surface area contributed by atoms with Gasteiger partial charge in [0, 0.05) is 11.3 Å². The zero-order valence-electron chi connectivity index (χ0n) is 22.5. The van der Waals surface area contributed by atoms with Crippen molar-refractivity contribution in [1.29, 1.82) is 0 Å². The molecule has 0 amide bonds. The number of amidine groups is 2. The summed E-state index contributed by atoms with van der Waals surface area (Å²) in [6.45, 7) is 6.19. The lowest BCUT2D eigenvalue weighted by Crippen LogP contribution is -2.46. The van der Waals surface area contributed by atoms with E-state index in [1.165, 1.54) is 0 Å². The Labute approximate surface area is 232 Å². The molecular weight excluding hydrogens is 496 g/mol. The molecule has 196 valence electrons. The molecule has 0 saturated carbocycles. The van der Waals surface area contributed by atoms with Crippen LogP contribution in [0.1, 0.15) is 34.0 Å². The highest BCUT2D eigenvalue weighted by molar-refractivity contribution is 6.51. The summed E-state index contributed by atoms with van der Waals surface area (Å²) in [5.41, 5.74) is 8.77. The van der Waals surface area contributed by atoms with Crippen molar-refractivity contribution in [2.24, 2.45) is 9.98 Å². The number of anilines is 2. The van der Waals surface area contributed by atoms with Gasteiger partial charge in [-0.3, -0.25) is 0 Å². The van der Waals surface area contributed by atoms with Crippen molar-refractivity contribution in [2.45, 2.75) is 26.8 Å². The van der Waals surface area contributed by atoms with Gasteiger partial charge in [0.1, 0.15) is 5.75 Å². The van der Waals surface area contributed by atoms with E-state index in [9.17, 15) is 5.11 Å². The third kappa shape index (κ3) is 3.86. The zero-order chi connectivity index (χ0) is 27.4. The van der Waals surface area contributed by atoms with E-state index in [0.717, 1.165) is 56.5 Å². The number of rotatable bonds is 3. The molecule has 40 heavy (non-hydrogen) atoms. The van der Waals surface area contributed by atoms with Crippen molar-refractivity contribution in [2.75, 3.05) is 10.2 Å². The Kier molecular flexibility index (Phi) is 5.52. The van der Waals surface area contributed by atoms with E-state index >= 15 is 0 Å². The van der Waals surface area contributed by atoms with E-state index < -0.39 is 0 Å². The fraction of sp³-hybridized carbons (Fsp3) is 0.121. The van der Waals surface area contributed by atoms with Crippen LogP contribution in [0.3, 0.4) is 0 Å². The normalized spacial score (nSPS) is 15.5. The molecule has 7 rings (SSSR count). The summed E-state index contributed by atoms with van der Waals surface area (Å²) >= 11 is 0. The highest BCUT2D eigenvalue weighted by atomic mass is 16.3. The standard InChI is InChI=1S/C33H28N6O/c1-20-16-17-21(2)27(18-20)35-31-33-36-32-29(22(3)37-39(32)24-11-5-4-6-12-24)30(23-10-9-13-25(40)19-23)38(33)28-15-8-7-14-26(28)34-31/h4-19,30,40H,1-3H3,(H,34,35)/t30-/m0/s1. The molecule has 0 radical (unpaired) electrons. The predicted molar refractivity (Wildman–Crippen MR) is 161 cm³/mol. The number of nitrogens with zero attached hydrogens (tertiary/aromatic N) is 5. The van der Waals surface area contributed by atoms with Gasteiger partial charge in [0.05, 0.1) is 28.8 Å². The maximum Gasteiger partial charge on any atom is 0.179 e. The van der Waals surface area contributed by atoms with Crippen LogP contribution in [0.25, 0.3) is 5.69 Å². The Hall–Kier alpha value is -5.17. The summed E-state index contributed by atoms with van der Waals surface area (Å²) in [6, 6.07) is 31.6. The monoisotopic (exact) mass is 524 g/mol. The fourth-order valence-corrected chi connectivity index (χ4v) is 5.56. The number of phenolic OH excluding ortho intramolecular Hbond substituents is 1. The third-order valence-corrected chi connectivity index (χ3v) is 7.47. The number of hydrogen-bond acceptors (Lipinski definition) is 6. The molecule has 5 aromatic rings. The van der Waals surface area contributed by atoms with Crippen LogP contribution in [0.15, 0.2) is 107 Å². The van der Waals surface area contributed by atoms with Crippen LogP contribution in [-0.2, 0) is 0 Å². The first-order valence-corrected chi connectivity index (χ1v) is 13.3. The van der Waals surface area contributed by atoms with E-state index in [0.29, 0.717) is 11.7 Å². The molecule has 0 saturated heterocycles. The Morgan fingerprint density at radius 3 is 2.42 bits per heavy atom. The minimum atomic E-state index is -0.292. The Morgan fingerprint density at radius 1 is 0.800 bits per heavy atom. The van der Waals surface area contributed by atoms with Gasteiger partial charge >= 0.3 is 0 Å². The predicted octanol–water partition coefficient (Wildman–Crippen LogP) is 7.30. The van der Waals surface area contributed by atoms with Gasteiger partial charge in [-0.1, -0.05) is 54.6 Å². The molecule has 0 unspecified atom stereocenters. The number of aliphatic imine (C=N–C) groups is 2. The smallest absolute Gasteiger partial charge is 0.179 e. The highest BCUT2D eigenvalue weighted by Crippen LogP contribution is 2.48. The van der Waals surface area contributed by atoms with Crippen molar-refractivity contribution >= 4 is 34.6 Å². The first kappa shape index (κ1) is 23.9. The molecule has 7 heteroatoms. The molecule has 2 aliphatic rings. The van der Waals surface area contributed by atoms with Crippen LogP contribution in [0, 0.1) is 20.8 Å². The number of fused-ring (bicyclic) bond motifs is 4. The van der Waals surface area contributed by atoms with Crippen LogP contribution in [0.2, 0.25) is 0 Å². The summed E-state index contributed by atoms with van der Waals surface area (Å²) in [4.78, 5) is 12.6. The van der Waals surface area contributed by atoms with Crippen molar-refractivity contribution in [3.8, 4) is 11.4 Å². The number of aromatic hydroxyl groups is 1. The van der Waals surface area contributed by atoms with Gasteiger partial charge in [0.2, 0.25) is 0 Å². The summed E-state index contributed by atoms with van der Waals surface area (Å²) in [6.07, 6.45) is 0. The zero-order valence-corrected chi connectivity index (χ0v) is 22.5. The van der Waals surface area contributed by atoms with Crippen LogP contribution >= 0.6 is 0 Å². The van der Waals surface area contributed by atoms with E-state index in [4.69, 9.17) is 15.1 Å². The molecule has 2 aliphatic heterocycles. The molecule has 2 N–H and O–H groups in total. The molecule has 0 spiro atoms. The van der Waals surface area contributed by atoms with Crippen molar-refractivity contribution in [3.05, 3.63) is 125 Å². The Morgan fingerprint density at radius 2 is 1.60 bits per heavy atom. The molecular formula is C33H28N6O. The van der Waals surface area contributed by atoms with E-state index in [-0.39, 0.29) is 11.8 Å². The average molecular weight is 525 g/mol. The SMILES string of the molecule is Cc1ccc(C)c(NC2=Nc3ccccc3N3C2=Nc2c(c(C)nn2-c2ccccc2)[C@@H]3c2cccc(O)c2)c1. The largest absolute Gasteiger partial charge is 0.508 e. The van der Waals surface area contributed by atoms with Gasteiger partial charge in [-0.2, -0.15) is 5.10 Å². The molecule has 1 atom stereocenters. The fourth-order valence-electron chi connectivity index (χ4n) is 5.56. The quantitative estimate of drug-likeness (QED) is 0.260. The maximum atomic E-state index is 10.5. The van der Waals surface area contributed by atoms with Crippen LogP contribution in [0.5, 0.6) is 5.75 Å². The van der Waals surface area contributed by atoms with Crippen LogP contribution in [0.4, 0.5) is 22.9 Å². The second kappa shape index (κ2) is 9.24. The first-order valence-electron chi connectivity index (χ1n) is 13.3. The minimum Gasteiger partial charge on any atom is -0.508 e. The number of aryl methyl sites for hydroxylation is 3. The molecule has 7 nitrogen and oxygen atoms in total. The summed E-state index contributed by atoms with van der Waals surface area (Å²) < 4.78 is 1.90. The lowest BCUT2D eigenvalue weighted by molar-refractivity contribution is 0.474. The van der Waals surface area contributed by atoms with E-state index in [1.807, 2.05) is 78.3 Å². The average Bonchev–Trinajstić information content (AvgIpc) is 3.30. The number of benzene rings is 4. The van der Waals surface area contributed by atoms with Gasteiger partial charge in [-0.05, 0) is 79.9 Å². The molecule has 4 aromatic carbocycles. The van der Waals surface area contributed by atoms with Crippen LogP contribution < -0.4 is 10.2 Å². The number of hydrogen-bond donors (Lipinski definition) is 2. The van der Waals surface area contributed by atoms with Crippen molar-refractivity contribution < 1.29 is 5.11 Å². The van der Waals surface area contributed by atoms with E-state index in [2.05, 4.69) is 48.3 Å². The number of nitrogens with one attached hydrogen (secondary N) is 1. The van der Waals surface area contributed by atoms with Gasteiger partial charge in [0.25, 0.3) is 0 Å². The molecule has 1 aromatic heterocycles. The number of para-hydroxylation sites is 3. The topological polar surface area (TPSA) is 78.0 Å². The third-order valence-electron chi connectivity index (χ3n) is 7.47. The second-order valence-electron chi connectivity index (χ2n) is 10.3. The Bertz CT molecular complexity index is 1840. The molecule has 3 heterocycles. The Balaban J connectivity index is 1.51. The number of aromatic nitrogens is 2. The summed E-state index contributed by atoms with van der Waals surface area (Å²) in [5.74, 6) is 2.31. The summed E-state index contributed by atoms with van der Waals surface area (Å²) in [5, 5.41) is 19.1. The van der Waals surface area contributed by atoms with Gasteiger partial charge in [-0.15, -0.1) is 0 Å². The lowest BCUT2D eigenvalue weighted by atomic mass is 9.93. The summed E-state index contributed by atoms with van der Waals surface area (Å²) in [7, 11) is 0. The van der Waals surface area contributed by atoms with Gasteiger partial charge < -0.3 is 15.3 Å². The lowest BCUT2D eigenvalue weighted by Gasteiger charge is -2.40. The second-order valence-corrected chi connectivity index (χ2v) is 10.3. The van der Waals surface area contributed by atoms with Gasteiger partial charge in [0.15, 0.2) is 17.5 Å². The highest BCUT2D eigenvalue weighted by Gasteiger charge is 2.41. The van der Waals surface area contributed by atoms with Crippen molar-refractivity contribution in [1.82, 2.24) is 9.78 Å². The minimum absolute atomic E-state index is 0.212. The number of phenols is 1. The maximum absolute atomic E-state index is 10.5. The molecule has 0 aliphatic carbocycles.